The maximum absolute atomic E-state index is 10.3. The first-order valence-electron chi connectivity index (χ1n) is 9.92. The van der Waals surface area contributed by atoms with Crippen molar-refractivity contribution in [3.8, 4) is 0 Å². The van der Waals surface area contributed by atoms with Gasteiger partial charge in [-0.3, -0.25) is 0 Å². The van der Waals surface area contributed by atoms with Gasteiger partial charge < -0.3 is 10.2 Å². The van der Waals surface area contributed by atoms with E-state index in [1.54, 1.807) is 5.57 Å². The third-order valence-corrected chi connectivity index (χ3v) is 8.73. The van der Waals surface area contributed by atoms with Gasteiger partial charge >= 0.3 is 0 Å². The molecule has 3 saturated carbocycles. The standard InChI is InChI=1S/C21H34O2/c1-13(22)17-6-7-18-16-5-4-14-12-15(23)8-10-20(14,2)19(16)9-11-21(17,18)3/h4,13,15-19,22-23H,5-12H2,1-3H3/t13?,15?,16?,17?,18?,19?,20-,21+/m0/s1. The molecule has 0 amide bonds. The molecule has 0 radical (unpaired) electrons. The number of aliphatic hydroxyl groups is 2. The van der Waals surface area contributed by atoms with E-state index in [0.717, 1.165) is 30.6 Å². The zero-order valence-corrected chi connectivity index (χ0v) is 15.1. The van der Waals surface area contributed by atoms with Crippen LogP contribution in [0, 0.1) is 34.5 Å². The van der Waals surface area contributed by atoms with Crippen LogP contribution in [-0.2, 0) is 0 Å². The third kappa shape index (κ3) is 2.20. The molecule has 130 valence electrons. The summed E-state index contributed by atoms with van der Waals surface area (Å²) in [7, 11) is 0. The molecule has 0 aromatic carbocycles. The van der Waals surface area contributed by atoms with Gasteiger partial charge in [0, 0.05) is 0 Å². The second kappa shape index (κ2) is 5.33. The van der Waals surface area contributed by atoms with Gasteiger partial charge in [-0.25, -0.2) is 0 Å². The molecule has 4 aliphatic carbocycles. The van der Waals surface area contributed by atoms with Gasteiger partial charge in [-0.05, 0) is 92.8 Å². The van der Waals surface area contributed by atoms with Crippen LogP contribution in [0.1, 0.15) is 72.1 Å². The average molecular weight is 319 g/mol. The summed E-state index contributed by atoms with van der Waals surface area (Å²) >= 11 is 0. The highest BCUT2D eigenvalue weighted by Crippen LogP contribution is 2.66. The van der Waals surface area contributed by atoms with Crippen molar-refractivity contribution in [2.75, 3.05) is 0 Å². The van der Waals surface area contributed by atoms with E-state index in [1.807, 2.05) is 6.92 Å². The quantitative estimate of drug-likeness (QED) is 0.707. The van der Waals surface area contributed by atoms with Crippen LogP contribution in [0.25, 0.3) is 0 Å². The summed E-state index contributed by atoms with van der Waals surface area (Å²) in [6, 6.07) is 0. The Hall–Kier alpha value is -0.340. The molecule has 0 aliphatic heterocycles. The van der Waals surface area contributed by atoms with Crippen LogP contribution >= 0.6 is 0 Å². The van der Waals surface area contributed by atoms with E-state index in [-0.39, 0.29) is 12.2 Å². The Kier molecular flexibility index (Phi) is 3.74. The molecular weight excluding hydrogens is 284 g/mol. The zero-order valence-electron chi connectivity index (χ0n) is 15.1. The summed E-state index contributed by atoms with van der Waals surface area (Å²) in [4.78, 5) is 0. The van der Waals surface area contributed by atoms with Crippen molar-refractivity contribution in [1.29, 1.82) is 0 Å². The summed E-state index contributed by atoms with van der Waals surface area (Å²) in [5, 5.41) is 20.4. The lowest BCUT2D eigenvalue weighted by molar-refractivity contribution is -0.0675. The van der Waals surface area contributed by atoms with Crippen LogP contribution in [0.5, 0.6) is 0 Å². The molecule has 4 rings (SSSR count). The minimum atomic E-state index is -0.156. The van der Waals surface area contributed by atoms with Gasteiger partial charge in [-0.2, -0.15) is 0 Å². The highest BCUT2D eigenvalue weighted by atomic mass is 16.3. The molecule has 4 aliphatic rings. The van der Waals surface area contributed by atoms with Crippen molar-refractivity contribution < 1.29 is 10.2 Å². The molecule has 0 aromatic heterocycles. The fourth-order valence-corrected chi connectivity index (χ4v) is 7.47. The molecule has 6 unspecified atom stereocenters. The number of aliphatic hydroxyl groups excluding tert-OH is 2. The van der Waals surface area contributed by atoms with Crippen LogP contribution in [0.15, 0.2) is 11.6 Å². The highest BCUT2D eigenvalue weighted by molar-refractivity contribution is 5.25. The largest absolute Gasteiger partial charge is 0.393 e. The Bertz CT molecular complexity index is 510. The molecule has 2 heteroatoms. The van der Waals surface area contributed by atoms with Gasteiger partial charge in [0.25, 0.3) is 0 Å². The van der Waals surface area contributed by atoms with E-state index in [0.29, 0.717) is 16.7 Å². The van der Waals surface area contributed by atoms with Crippen molar-refractivity contribution in [3.63, 3.8) is 0 Å². The van der Waals surface area contributed by atoms with Gasteiger partial charge in [-0.15, -0.1) is 0 Å². The van der Waals surface area contributed by atoms with Crippen LogP contribution < -0.4 is 0 Å². The van der Waals surface area contributed by atoms with E-state index in [2.05, 4.69) is 19.9 Å². The molecule has 0 aromatic rings. The maximum atomic E-state index is 10.3. The predicted octanol–water partition coefficient (Wildman–Crippen LogP) is 4.31. The molecule has 8 atom stereocenters. The Morgan fingerprint density at radius 3 is 2.61 bits per heavy atom. The molecule has 0 bridgehead atoms. The summed E-state index contributed by atoms with van der Waals surface area (Å²) in [6.45, 7) is 6.98. The number of rotatable bonds is 1. The second-order valence-corrected chi connectivity index (χ2v) is 9.62. The molecule has 0 heterocycles. The fourth-order valence-electron chi connectivity index (χ4n) is 7.47. The predicted molar refractivity (Wildman–Crippen MR) is 92.9 cm³/mol. The first-order valence-corrected chi connectivity index (χ1v) is 9.92. The fraction of sp³-hybridized carbons (Fsp3) is 0.905. The molecule has 2 N–H and O–H groups in total. The molecular formula is C21H34O2. The Morgan fingerprint density at radius 1 is 1.09 bits per heavy atom. The van der Waals surface area contributed by atoms with Gasteiger partial charge in [0.05, 0.1) is 12.2 Å². The van der Waals surface area contributed by atoms with E-state index in [1.165, 1.54) is 38.5 Å². The lowest BCUT2D eigenvalue weighted by atomic mass is 9.47. The minimum absolute atomic E-state index is 0.106. The SMILES string of the molecule is CC(O)C1CCC2C3CC=C4CC(O)CC[C@]4(C)C3CC[C@]12C. The van der Waals surface area contributed by atoms with Gasteiger partial charge in [0.1, 0.15) is 0 Å². The van der Waals surface area contributed by atoms with Crippen LogP contribution in [0.3, 0.4) is 0 Å². The molecule has 3 fully saturated rings. The van der Waals surface area contributed by atoms with Gasteiger partial charge in [-0.1, -0.05) is 25.5 Å². The summed E-state index contributed by atoms with van der Waals surface area (Å²) in [6.07, 6.45) is 11.7. The Labute approximate surface area is 141 Å². The zero-order chi connectivity index (χ0) is 16.4. The van der Waals surface area contributed by atoms with Gasteiger partial charge in [0.15, 0.2) is 0 Å². The third-order valence-electron chi connectivity index (χ3n) is 8.73. The first-order chi connectivity index (χ1) is 10.9. The average Bonchev–Trinajstić information content (AvgIpc) is 2.85. The first kappa shape index (κ1) is 16.1. The van der Waals surface area contributed by atoms with Crippen molar-refractivity contribution in [1.82, 2.24) is 0 Å². The Balaban J connectivity index is 1.65. The van der Waals surface area contributed by atoms with E-state index < -0.39 is 0 Å². The second-order valence-electron chi connectivity index (χ2n) is 9.62. The van der Waals surface area contributed by atoms with Crippen LogP contribution in [-0.4, -0.2) is 22.4 Å². The molecule has 2 nitrogen and oxygen atoms in total. The highest BCUT2D eigenvalue weighted by Gasteiger charge is 2.59. The van der Waals surface area contributed by atoms with Crippen molar-refractivity contribution in [2.45, 2.75) is 84.3 Å². The lowest BCUT2D eigenvalue weighted by Gasteiger charge is -2.58. The van der Waals surface area contributed by atoms with E-state index in [4.69, 9.17) is 0 Å². The normalized spacial score (nSPS) is 53.8. The van der Waals surface area contributed by atoms with Crippen molar-refractivity contribution in [2.24, 2.45) is 34.5 Å². The number of hydrogen-bond donors (Lipinski definition) is 2. The summed E-state index contributed by atoms with van der Waals surface area (Å²) in [5.74, 6) is 2.91. The maximum Gasteiger partial charge on any atom is 0.0577 e. The minimum Gasteiger partial charge on any atom is -0.393 e. The summed E-state index contributed by atoms with van der Waals surface area (Å²) < 4.78 is 0. The van der Waals surface area contributed by atoms with E-state index >= 15 is 0 Å². The van der Waals surface area contributed by atoms with Crippen molar-refractivity contribution in [3.05, 3.63) is 11.6 Å². The smallest absolute Gasteiger partial charge is 0.0577 e. The number of hydrogen-bond acceptors (Lipinski definition) is 2. The van der Waals surface area contributed by atoms with Gasteiger partial charge in [0.2, 0.25) is 0 Å². The topological polar surface area (TPSA) is 40.5 Å². The number of allylic oxidation sites excluding steroid dienone is 1. The number of fused-ring (bicyclic) bond motifs is 5. The van der Waals surface area contributed by atoms with Crippen molar-refractivity contribution >= 4 is 0 Å². The molecule has 23 heavy (non-hydrogen) atoms. The molecule has 0 saturated heterocycles. The van der Waals surface area contributed by atoms with Crippen LogP contribution in [0.4, 0.5) is 0 Å². The lowest BCUT2D eigenvalue weighted by Crippen LogP contribution is -2.51. The van der Waals surface area contributed by atoms with Crippen LogP contribution in [0.2, 0.25) is 0 Å². The van der Waals surface area contributed by atoms with E-state index in [9.17, 15) is 10.2 Å². The summed E-state index contributed by atoms with van der Waals surface area (Å²) in [5.41, 5.74) is 2.25. The monoisotopic (exact) mass is 318 g/mol. The Morgan fingerprint density at radius 2 is 1.87 bits per heavy atom. The molecule has 0 spiro atoms.